The fourth-order valence-corrected chi connectivity index (χ4v) is 2.34. The maximum absolute atomic E-state index is 10.5. The average Bonchev–Trinajstić information content (AvgIpc) is 2.31. The summed E-state index contributed by atoms with van der Waals surface area (Å²) in [7, 11) is 0. The minimum Gasteiger partial charge on any atom is -0.350 e. The highest BCUT2D eigenvalue weighted by Gasteiger charge is 2.20. The minimum absolute atomic E-state index is 0.388. The molecule has 0 aromatic rings. The molecule has 0 fully saturated rings. The first kappa shape index (κ1) is 15.5. The normalized spacial score (nSPS) is 23.0. The van der Waals surface area contributed by atoms with Crippen LogP contribution in [0.4, 0.5) is 4.79 Å². The van der Waals surface area contributed by atoms with Crippen molar-refractivity contribution in [3.8, 4) is 0 Å². The minimum atomic E-state index is -0.613. The molecule has 2 amide bonds. The lowest BCUT2D eigenvalue weighted by Crippen LogP contribution is -2.26. The van der Waals surface area contributed by atoms with Gasteiger partial charge in [0.2, 0.25) is 0 Å². The van der Waals surface area contributed by atoms with Crippen molar-refractivity contribution in [2.24, 2.45) is 22.7 Å². The number of primary amides is 1. The van der Waals surface area contributed by atoms with Crippen LogP contribution in [0.3, 0.4) is 0 Å². The van der Waals surface area contributed by atoms with E-state index in [1.807, 2.05) is 0 Å². The van der Waals surface area contributed by atoms with Gasteiger partial charge in [0.05, 0.1) is 0 Å². The molecule has 0 saturated carbocycles. The fourth-order valence-electron chi connectivity index (χ4n) is 2.34. The zero-order valence-corrected chi connectivity index (χ0v) is 12.1. The van der Waals surface area contributed by atoms with E-state index in [2.05, 4.69) is 43.5 Å². The third-order valence-electron chi connectivity index (χ3n) is 3.45. The van der Waals surface area contributed by atoms with E-state index in [-0.39, 0.29) is 0 Å². The van der Waals surface area contributed by atoms with E-state index in [1.54, 1.807) is 6.21 Å². The molecule has 0 aliphatic heterocycles. The van der Waals surface area contributed by atoms with Crippen LogP contribution >= 0.6 is 0 Å². The van der Waals surface area contributed by atoms with Gasteiger partial charge in [-0.25, -0.2) is 10.2 Å². The predicted molar refractivity (Wildman–Crippen MR) is 79.8 cm³/mol. The molecule has 19 heavy (non-hydrogen) atoms. The first-order chi connectivity index (χ1) is 8.99. The molecule has 0 radical (unpaired) electrons. The Hall–Kier alpha value is -1.58. The summed E-state index contributed by atoms with van der Waals surface area (Å²) in [4.78, 5) is 10.5. The third-order valence-corrected chi connectivity index (χ3v) is 3.45. The standard InChI is InChI=1S/C15H25N3O/c1-11(2)5-4-6-13-7-8-14(12(3)9-13)10-17-18-15(16)19/h5,7,10,12,14H,4,6,8-9H2,1-3H3,(H3,16,18,19)/b17-10-/t12-,14-/m0/s1. The Kier molecular flexibility index (Phi) is 6.33. The average molecular weight is 263 g/mol. The Morgan fingerprint density at radius 2 is 2.32 bits per heavy atom. The van der Waals surface area contributed by atoms with Crippen molar-refractivity contribution in [3.63, 3.8) is 0 Å². The van der Waals surface area contributed by atoms with Crippen molar-refractivity contribution < 1.29 is 4.79 Å². The van der Waals surface area contributed by atoms with Crippen molar-refractivity contribution in [1.29, 1.82) is 0 Å². The fraction of sp³-hybridized carbons (Fsp3) is 0.600. The van der Waals surface area contributed by atoms with Crippen molar-refractivity contribution >= 4 is 12.2 Å². The van der Waals surface area contributed by atoms with Gasteiger partial charge in [0.15, 0.2) is 0 Å². The second-order valence-corrected chi connectivity index (χ2v) is 5.52. The Morgan fingerprint density at radius 1 is 1.58 bits per heavy atom. The van der Waals surface area contributed by atoms with Crippen molar-refractivity contribution in [2.45, 2.75) is 46.5 Å². The molecule has 2 atom stereocenters. The summed E-state index contributed by atoms with van der Waals surface area (Å²) in [5.41, 5.74) is 10.1. The van der Waals surface area contributed by atoms with Crippen LogP contribution in [0.25, 0.3) is 0 Å². The molecule has 0 aromatic carbocycles. The Labute approximate surface area is 115 Å². The van der Waals surface area contributed by atoms with Gasteiger partial charge in [-0.3, -0.25) is 0 Å². The number of allylic oxidation sites excluding steroid dienone is 4. The molecular formula is C15H25N3O. The first-order valence-corrected chi connectivity index (χ1v) is 6.89. The van der Waals surface area contributed by atoms with Gasteiger partial charge in [-0.1, -0.05) is 30.2 Å². The van der Waals surface area contributed by atoms with Crippen LogP contribution < -0.4 is 11.2 Å². The zero-order valence-electron chi connectivity index (χ0n) is 12.1. The third kappa shape index (κ3) is 6.22. The van der Waals surface area contributed by atoms with E-state index in [0.717, 1.165) is 25.7 Å². The van der Waals surface area contributed by atoms with Crippen LogP contribution in [-0.4, -0.2) is 12.2 Å². The maximum atomic E-state index is 10.5. The Balaban J connectivity index is 2.43. The first-order valence-electron chi connectivity index (χ1n) is 6.89. The maximum Gasteiger partial charge on any atom is 0.332 e. The summed E-state index contributed by atoms with van der Waals surface area (Å²) in [6.07, 6.45) is 10.8. The molecule has 0 heterocycles. The quantitative estimate of drug-likeness (QED) is 0.446. The van der Waals surface area contributed by atoms with Gasteiger partial charge in [-0.2, -0.15) is 5.10 Å². The monoisotopic (exact) mass is 263 g/mol. The Morgan fingerprint density at radius 3 is 2.89 bits per heavy atom. The summed E-state index contributed by atoms with van der Waals surface area (Å²) < 4.78 is 0. The molecule has 4 nitrogen and oxygen atoms in total. The summed E-state index contributed by atoms with van der Waals surface area (Å²) in [5.74, 6) is 0.948. The highest BCUT2D eigenvalue weighted by atomic mass is 16.2. The van der Waals surface area contributed by atoms with Gasteiger partial charge in [0.25, 0.3) is 0 Å². The smallest absolute Gasteiger partial charge is 0.332 e. The number of amides is 2. The number of hydrogen-bond acceptors (Lipinski definition) is 2. The lowest BCUT2D eigenvalue weighted by Gasteiger charge is -2.25. The molecule has 4 heteroatoms. The van der Waals surface area contributed by atoms with Crippen LogP contribution in [0.5, 0.6) is 0 Å². The van der Waals surface area contributed by atoms with Crippen LogP contribution in [0, 0.1) is 11.8 Å². The molecule has 0 bridgehead atoms. The van der Waals surface area contributed by atoms with E-state index in [4.69, 9.17) is 5.73 Å². The zero-order chi connectivity index (χ0) is 14.3. The predicted octanol–water partition coefficient (Wildman–Crippen LogP) is 3.36. The largest absolute Gasteiger partial charge is 0.350 e. The van der Waals surface area contributed by atoms with E-state index in [1.165, 1.54) is 11.1 Å². The van der Waals surface area contributed by atoms with Gasteiger partial charge in [0.1, 0.15) is 0 Å². The molecule has 1 aliphatic carbocycles. The number of hydrazone groups is 1. The van der Waals surface area contributed by atoms with Crippen molar-refractivity contribution in [1.82, 2.24) is 5.43 Å². The number of nitrogens with zero attached hydrogens (tertiary/aromatic N) is 1. The highest BCUT2D eigenvalue weighted by Crippen LogP contribution is 2.30. The molecule has 106 valence electrons. The second kappa shape index (κ2) is 7.77. The van der Waals surface area contributed by atoms with Gasteiger partial charge in [0, 0.05) is 12.1 Å². The van der Waals surface area contributed by atoms with E-state index < -0.39 is 6.03 Å². The van der Waals surface area contributed by atoms with Crippen molar-refractivity contribution in [3.05, 3.63) is 23.3 Å². The number of nitrogens with one attached hydrogen (secondary N) is 1. The topological polar surface area (TPSA) is 67.5 Å². The van der Waals surface area contributed by atoms with Gasteiger partial charge in [-0.15, -0.1) is 0 Å². The van der Waals surface area contributed by atoms with Crippen LogP contribution in [0.15, 0.2) is 28.4 Å². The van der Waals surface area contributed by atoms with Gasteiger partial charge in [-0.05, 0) is 45.4 Å². The summed E-state index contributed by atoms with van der Waals surface area (Å²) in [6.45, 7) is 6.50. The molecule has 0 aromatic heterocycles. The second-order valence-electron chi connectivity index (χ2n) is 5.52. The molecule has 0 saturated heterocycles. The van der Waals surface area contributed by atoms with Crippen LogP contribution in [-0.2, 0) is 0 Å². The molecule has 3 N–H and O–H groups in total. The number of urea groups is 1. The number of carbonyl (C=O) groups is 1. The number of hydrogen-bond donors (Lipinski definition) is 2. The van der Waals surface area contributed by atoms with E-state index in [9.17, 15) is 4.79 Å². The lowest BCUT2D eigenvalue weighted by molar-refractivity contribution is 0.249. The molecule has 0 unspecified atom stereocenters. The van der Waals surface area contributed by atoms with E-state index >= 15 is 0 Å². The lowest BCUT2D eigenvalue weighted by atomic mass is 9.80. The molecule has 0 spiro atoms. The van der Waals surface area contributed by atoms with Crippen LogP contribution in [0.2, 0.25) is 0 Å². The summed E-state index contributed by atoms with van der Waals surface area (Å²) in [6, 6.07) is -0.613. The van der Waals surface area contributed by atoms with Gasteiger partial charge >= 0.3 is 6.03 Å². The number of rotatable bonds is 5. The molecular weight excluding hydrogens is 238 g/mol. The van der Waals surface area contributed by atoms with Crippen molar-refractivity contribution in [2.75, 3.05) is 0 Å². The highest BCUT2D eigenvalue weighted by molar-refractivity contribution is 5.73. The van der Waals surface area contributed by atoms with Gasteiger partial charge < -0.3 is 5.73 Å². The number of nitrogens with two attached hydrogens (primary N) is 1. The van der Waals surface area contributed by atoms with E-state index in [0.29, 0.717) is 11.8 Å². The SMILES string of the molecule is CC(C)=CCCC1=CC[C@@H](/C=N\NC(N)=O)[C@@H](C)C1. The summed E-state index contributed by atoms with van der Waals surface area (Å²) in [5, 5.41) is 3.87. The Bertz CT molecular complexity index is 392. The number of carbonyl (C=O) groups excluding carboxylic acids is 1. The molecule has 1 rings (SSSR count). The summed E-state index contributed by atoms with van der Waals surface area (Å²) >= 11 is 0. The van der Waals surface area contributed by atoms with Crippen LogP contribution in [0.1, 0.15) is 46.5 Å². The molecule has 1 aliphatic rings.